The van der Waals surface area contributed by atoms with Gasteiger partial charge in [-0.05, 0) is 38.5 Å². The van der Waals surface area contributed by atoms with Crippen LogP contribution in [0.25, 0.3) is 0 Å². The molecule has 0 aliphatic rings. The van der Waals surface area contributed by atoms with Gasteiger partial charge < -0.3 is 19.8 Å². The predicted octanol–water partition coefficient (Wildman–Crippen LogP) is 7.68. The number of phosphoric acid groups is 1. The van der Waals surface area contributed by atoms with Crippen molar-refractivity contribution in [3.8, 4) is 0 Å². The molecule has 8 nitrogen and oxygen atoms in total. The van der Waals surface area contributed by atoms with Crippen molar-refractivity contribution in [1.29, 1.82) is 0 Å². The Morgan fingerprint density at radius 3 is 1.88 bits per heavy atom. The van der Waals surface area contributed by atoms with Gasteiger partial charge in [-0.3, -0.25) is 13.8 Å². The van der Waals surface area contributed by atoms with Crippen LogP contribution in [-0.4, -0.2) is 73.4 Å². The number of nitrogens with zero attached hydrogens (tertiary/aromatic N) is 1. The van der Waals surface area contributed by atoms with E-state index in [2.05, 4.69) is 31.3 Å². The number of phosphoric ester groups is 1. The topological polar surface area (TPSA) is 105 Å². The average molecular weight is 606 g/mol. The first-order valence-corrected chi connectivity index (χ1v) is 18.0. The van der Waals surface area contributed by atoms with E-state index in [9.17, 15) is 19.4 Å². The second-order valence-corrected chi connectivity index (χ2v) is 14.0. The molecular weight excluding hydrogens is 539 g/mol. The molecule has 244 valence electrons. The maximum Gasteiger partial charge on any atom is 0.472 e. The van der Waals surface area contributed by atoms with Crippen LogP contribution in [0.1, 0.15) is 136 Å². The molecule has 0 radical (unpaired) electrons. The molecule has 0 bridgehead atoms. The molecule has 0 fully saturated rings. The Kier molecular flexibility index (Phi) is 25.2. The number of carbonyl (C=O) groups is 1. The summed E-state index contributed by atoms with van der Waals surface area (Å²) in [5.41, 5.74) is 0. The molecule has 0 saturated carbocycles. The summed E-state index contributed by atoms with van der Waals surface area (Å²) >= 11 is 0. The summed E-state index contributed by atoms with van der Waals surface area (Å²) in [6.07, 6.45) is 23.8. The van der Waals surface area contributed by atoms with Crippen LogP contribution in [0, 0.1) is 0 Å². The Balaban J connectivity index is 4.60. The Morgan fingerprint density at radius 2 is 1.32 bits per heavy atom. The number of unbranched alkanes of at least 4 members (excludes halogenated alkanes) is 14. The first kappa shape index (κ1) is 40.2. The minimum Gasteiger partial charge on any atom is -0.391 e. The number of carbonyl (C=O) groups excluding carboxylic acids is 1. The molecule has 41 heavy (non-hydrogen) atoms. The summed E-state index contributed by atoms with van der Waals surface area (Å²) < 4.78 is 23.3. The van der Waals surface area contributed by atoms with Crippen LogP contribution in [0.15, 0.2) is 12.2 Å². The molecule has 0 heterocycles. The molecule has 0 rings (SSSR count). The highest BCUT2D eigenvalue weighted by Gasteiger charge is 2.28. The van der Waals surface area contributed by atoms with Gasteiger partial charge in [0.2, 0.25) is 5.91 Å². The highest BCUT2D eigenvalue weighted by atomic mass is 31.2. The molecule has 3 atom stereocenters. The molecule has 9 heteroatoms. The number of hydrogen-bond acceptors (Lipinski definition) is 5. The van der Waals surface area contributed by atoms with Crippen LogP contribution < -0.4 is 5.32 Å². The first-order valence-electron chi connectivity index (χ1n) is 16.6. The molecule has 1 amide bonds. The highest BCUT2D eigenvalue weighted by Crippen LogP contribution is 2.43. The van der Waals surface area contributed by atoms with Gasteiger partial charge in [0.1, 0.15) is 13.2 Å². The van der Waals surface area contributed by atoms with Crippen molar-refractivity contribution in [2.45, 2.75) is 148 Å². The fourth-order valence-electron chi connectivity index (χ4n) is 4.51. The number of rotatable bonds is 29. The van der Waals surface area contributed by atoms with Gasteiger partial charge in [0.15, 0.2) is 0 Å². The predicted molar refractivity (Wildman–Crippen MR) is 171 cm³/mol. The van der Waals surface area contributed by atoms with E-state index in [0.717, 1.165) is 44.9 Å². The third-order valence-corrected chi connectivity index (χ3v) is 8.25. The largest absolute Gasteiger partial charge is 0.472 e. The standard InChI is InChI=1S/C32H65N2O6P/c1-6-8-10-12-14-16-18-20-22-24-26-32(36)33-30(29-40-41(37,38)39-28-27-34(3,4)5)31(35)25-23-21-19-17-15-13-11-9-7-2/h15,17,30-31,35H,6-14,16,18-29H2,1-5H3,(H-,33,36,37,38)/p+1/b17-15+/t30-,31+/m0/s1. The van der Waals surface area contributed by atoms with Crippen molar-refractivity contribution in [2.24, 2.45) is 0 Å². The summed E-state index contributed by atoms with van der Waals surface area (Å²) in [6.45, 7) is 4.77. The lowest BCUT2D eigenvalue weighted by atomic mass is 10.0. The normalized spacial score (nSPS) is 15.2. The van der Waals surface area contributed by atoms with E-state index in [1.807, 2.05) is 21.1 Å². The lowest BCUT2D eigenvalue weighted by Gasteiger charge is -2.26. The van der Waals surface area contributed by atoms with Crippen LogP contribution in [0.3, 0.4) is 0 Å². The fraction of sp³-hybridized carbons (Fsp3) is 0.906. The lowest BCUT2D eigenvalue weighted by molar-refractivity contribution is -0.870. The van der Waals surface area contributed by atoms with Crippen molar-refractivity contribution < 1.29 is 32.9 Å². The Morgan fingerprint density at radius 1 is 0.805 bits per heavy atom. The number of likely N-dealkylation sites (N-methyl/N-ethyl adjacent to an activating group) is 1. The summed E-state index contributed by atoms with van der Waals surface area (Å²) in [4.78, 5) is 22.8. The zero-order valence-electron chi connectivity index (χ0n) is 27.3. The highest BCUT2D eigenvalue weighted by molar-refractivity contribution is 7.47. The maximum absolute atomic E-state index is 12.7. The van der Waals surface area contributed by atoms with E-state index >= 15 is 0 Å². The molecule has 0 aromatic heterocycles. The van der Waals surface area contributed by atoms with Gasteiger partial charge in [0, 0.05) is 6.42 Å². The summed E-state index contributed by atoms with van der Waals surface area (Å²) in [5.74, 6) is -0.161. The monoisotopic (exact) mass is 605 g/mol. The summed E-state index contributed by atoms with van der Waals surface area (Å²) in [6, 6.07) is -0.766. The quantitative estimate of drug-likeness (QED) is 0.0350. The second kappa shape index (κ2) is 25.7. The van der Waals surface area contributed by atoms with Crippen molar-refractivity contribution in [2.75, 3.05) is 40.9 Å². The molecular formula is C32H66N2O6P+. The lowest BCUT2D eigenvalue weighted by Crippen LogP contribution is -2.46. The Bertz CT molecular complexity index is 698. The maximum atomic E-state index is 12.7. The molecule has 0 aromatic rings. The van der Waals surface area contributed by atoms with E-state index in [4.69, 9.17) is 9.05 Å². The average Bonchev–Trinajstić information content (AvgIpc) is 2.90. The van der Waals surface area contributed by atoms with E-state index in [-0.39, 0.29) is 19.1 Å². The molecule has 1 unspecified atom stereocenters. The SMILES string of the molecule is CCCCC/C=C/CCCC[C@@H](O)[C@H](COP(=O)(O)OCC[N+](C)(C)C)NC(=O)CCCCCCCCCCCC. The fourth-order valence-corrected chi connectivity index (χ4v) is 5.24. The van der Waals surface area contributed by atoms with Crippen LogP contribution in [0.4, 0.5) is 0 Å². The zero-order valence-corrected chi connectivity index (χ0v) is 28.2. The minimum absolute atomic E-state index is 0.0710. The van der Waals surface area contributed by atoms with Crippen LogP contribution >= 0.6 is 7.82 Å². The van der Waals surface area contributed by atoms with E-state index in [0.29, 0.717) is 23.9 Å². The van der Waals surface area contributed by atoms with Gasteiger partial charge >= 0.3 is 7.82 Å². The third kappa shape index (κ3) is 27.8. The number of quaternary nitrogens is 1. The molecule has 0 spiro atoms. The number of aliphatic hydroxyl groups is 1. The number of aliphatic hydroxyl groups excluding tert-OH is 1. The first-order chi connectivity index (χ1) is 19.5. The van der Waals surface area contributed by atoms with E-state index < -0.39 is 20.0 Å². The van der Waals surface area contributed by atoms with Gasteiger partial charge in [-0.25, -0.2) is 4.57 Å². The third-order valence-electron chi connectivity index (χ3n) is 7.26. The van der Waals surface area contributed by atoms with Gasteiger partial charge in [-0.1, -0.05) is 103 Å². The summed E-state index contributed by atoms with van der Waals surface area (Å²) in [7, 11) is 1.59. The Hall–Kier alpha value is -0.760. The second-order valence-electron chi connectivity index (χ2n) is 12.5. The van der Waals surface area contributed by atoms with Crippen molar-refractivity contribution in [1.82, 2.24) is 5.32 Å². The summed E-state index contributed by atoms with van der Waals surface area (Å²) in [5, 5.41) is 13.7. The van der Waals surface area contributed by atoms with Gasteiger partial charge in [-0.15, -0.1) is 0 Å². The number of allylic oxidation sites excluding steroid dienone is 2. The minimum atomic E-state index is -4.30. The van der Waals surface area contributed by atoms with Crippen molar-refractivity contribution >= 4 is 13.7 Å². The number of nitrogens with one attached hydrogen (secondary N) is 1. The Labute approximate surface area is 252 Å². The van der Waals surface area contributed by atoms with E-state index in [1.54, 1.807) is 0 Å². The molecule has 3 N–H and O–H groups in total. The van der Waals surface area contributed by atoms with Crippen molar-refractivity contribution in [3.63, 3.8) is 0 Å². The van der Waals surface area contributed by atoms with Crippen molar-refractivity contribution in [3.05, 3.63) is 12.2 Å². The van der Waals surface area contributed by atoms with E-state index in [1.165, 1.54) is 64.2 Å². The smallest absolute Gasteiger partial charge is 0.391 e. The van der Waals surface area contributed by atoms with Gasteiger partial charge in [0.05, 0.1) is 39.9 Å². The van der Waals surface area contributed by atoms with Crippen LogP contribution in [-0.2, 0) is 18.4 Å². The zero-order chi connectivity index (χ0) is 30.8. The van der Waals surface area contributed by atoms with Gasteiger partial charge in [0.25, 0.3) is 0 Å². The molecule has 0 aliphatic carbocycles. The van der Waals surface area contributed by atoms with Crippen LogP contribution in [0.2, 0.25) is 0 Å². The molecule has 0 saturated heterocycles. The molecule has 0 aliphatic heterocycles. The molecule has 0 aromatic carbocycles. The van der Waals surface area contributed by atoms with Crippen LogP contribution in [0.5, 0.6) is 0 Å². The number of amides is 1. The van der Waals surface area contributed by atoms with Gasteiger partial charge in [-0.2, -0.15) is 0 Å². The number of hydrogen-bond donors (Lipinski definition) is 3.